The summed E-state index contributed by atoms with van der Waals surface area (Å²) in [6.45, 7) is 0.379. The molecule has 4 aromatic rings. The van der Waals surface area contributed by atoms with Gasteiger partial charge in [-0.15, -0.1) is 0 Å². The lowest BCUT2D eigenvalue weighted by atomic mass is 10.0. The average molecular weight is 473 g/mol. The van der Waals surface area contributed by atoms with Crippen molar-refractivity contribution in [3.05, 3.63) is 83.9 Å². The fraction of sp³-hybridized carbons (Fsp3) is 0.269. The first-order chi connectivity index (χ1) is 17.0. The highest BCUT2D eigenvalue weighted by Crippen LogP contribution is 2.16. The van der Waals surface area contributed by atoms with E-state index in [9.17, 15) is 9.59 Å². The van der Waals surface area contributed by atoms with E-state index in [0.717, 1.165) is 16.6 Å². The lowest BCUT2D eigenvalue weighted by Gasteiger charge is -2.28. The van der Waals surface area contributed by atoms with Gasteiger partial charge in [-0.3, -0.25) is 9.59 Å². The number of nitrogens with one attached hydrogen (secondary N) is 1. The van der Waals surface area contributed by atoms with Gasteiger partial charge >= 0.3 is 6.01 Å². The van der Waals surface area contributed by atoms with E-state index in [2.05, 4.69) is 20.3 Å². The monoisotopic (exact) mass is 472 g/mol. The molecule has 0 saturated heterocycles. The van der Waals surface area contributed by atoms with Gasteiger partial charge in [-0.1, -0.05) is 42.5 Å². The van der Waals surface area contributed by atoms with Crippen molar-refractivity contribution in [2.24, 2.45) is 7.05 Å². The zero-order valence-electron chi connectivity index (χ0n) is 20.0. The van der Waals surface area contributed by atoms with Crippen LogP contribution in [-0.4, -0.2) is 63.0 Å². The first-order valence-electron chi connectivity index (χ1n) is 11.4. The highest BCUT2D eigenvalue weighted by molar-refractivity contribution is 5.95. The molecule has 2 heterocycles. The van der Waals surface area contributed by atoms with E-state index in [1.165, 1.54) is 13.3 Å². The normalized spacial score (nSPS) is 11.7. The fourth-order valence-electron chi connectivity index (χ4n) is 4.00. The number of nitrogens with zero attached hydrogens (tertiary/aromatic N) is 5. The maximum Gasteiger partial charge on any atom is 0.316 e. The molecule has 35 heavy (non-hydrogen) atoms. The van der Waals surface area contributed by atoms with Gasteiger partial charge in [0.15, 0.2) is 5.82 Å². The zero-order chi connectivity index (χ0) is 24.8. The van der Waals surface area contributed by atoms with Crippen LogP contribution >= 0.6 is 0 Å². The number of carbonyl (C=O) groups is 2. The molecule has 0 aliphatic rings. The van der Waals surface area contributed by atoms with Gasteiger partial charge in [0.05, 0.1) is 18.1 Å². The van der Waals surface area contributed by atoms with Crippen molar-refractivity contribution < 1.29 is 14.3 Å². The number of aromatic nitrogens is 4. The molecular weight excluding hydrogens is 444 g/mol. The highest BCUT2D eigenvalue weighted by atomic mass is 16.5. The molecule has 0 aliphatic heterocycles. The summed E-state index contributed by atoms with van der Waals surface area (Å²) in [6, 6.07) is 19.1. The molecule has 1 unspecified atom stereocenters. The standard InChI is InChI=1S/C26H28N6O3/c1-31(25(34)21-14-16-28-26(30-21)35-3)19(17-18-9-5-4-6-10-18)13-15-27-24(33)23-29-20-11-7-8-12-22(20)32(23)2/h4-12,14,16,19H,13,15,17H2,1-3H3,(H,27,33). The maximum absolute atomic E-state index is 13.2. The number of hydrogen-bond donors (Lipinski definition) is 1. The molecule has 0 fully saturated rings. The van der Waals surface area contributed by atoms with Crippen molar-refractivity contribution in [3.8, 4) is 6.01 Å². The zero-order valence-corrected chi connectivity index (χ0v) is 20.0. The van der Waals surface area contributed by atoms with Gasteiger partial charge < -0.3 is 19.5 Å². The van der Waals surface area contributed by atoms with E-state index in [0.29, 0.717) is 25.2 Å². The van der Waals surface area contributed by atoms with Crippen LogP contribution in [0.4, 0.5) is 0 Å². The second-order valence-corrected chi connectivity index (χ2v) is 8.22. The molecule has 2 amide bonds. The summed E-state index contributed by atoms with van der Waals surface area (Å²) in [4.78, 5) is 40.3. The average Bonchev–Trinajstić information content (AvgIpc) is 3.24. The Balaban J connectivity index is 1.47. The Morgan fingerprint density at radius 2 is 1.80 bits per heavy atom. The largest absolute Gasteiger partial charge is 0.467 e. The predicted octanol–water partition coefficient (Wildman–Crippen LogP) is 2.88. The molecule has 2 aromatic heterocycles. The third-order valence-corrected chi connectivity index (χ3v) is 5.97. The van der Waals surface area contributed by atoms with Gasteiger partial charge in [-0.25, -0.2) is 9.97 Å². The Labute approximate surface area is 203 Å². The quantitative estimate of drug-likeness (QED) is 0.402. The van der Waals surface area contributed by atoms with E-state index < -0.39 is 0 Å². The van der Waals surface area contributed by atoms with Crippen LogP contribution in [0.25, 0.3) is 11.0 Å². The van der Waals surface area contributed by atoms with Crippen LogP contribution in [0.5, 0.6) is 6.01 Å². The molecule has 2 aromatic carbocycles. The number of imidazole rings is 1. The van der Waals surface area contributed by atoms with Crippen LogP contribution in [0.15, 0.2) is 66.9 Å². The molecule has 9 heteroatoms. The molecule has 1 atom stereocenters. The second kappa shape index (κ2) is 10.8. The third-order valence-electron chi connectivity index (χ3n) is 5.97. The molecule has 0 saturated carbocycles. The molecule has 9 nitrogen and oxygen atoms in total. The molecule has 0 spiro atoms. The van der Waals surface area contributed by atoms with Gasteiger partial charge in [0.2, 0.25) is 0 Å². The fourth-order valence-corrected chi connectivity index (χ4v) is 4.00. The van der Waals surface area contributed by atoms with Gasteiger partial charge in [0.25, 0.3) is 11.8 Å². The van der Waals surface area contributed by atoms with Crippen molar-refractivity contribution in [1.82, 2.24) is 29.7 Å². The summed E-state index contributed by atoms with van der Waals surface area (Å²) in [5.41, 5.74) is 3.01. The molecule has 180 valence electrons. The molecular formula is C26H28N6O3. The topological polar surface area (TPSA) is 102 Å². The molecule has 4 rings (SSSR count). The number of carbonyl (C=O) groups excluding carboxylic acids is 2. The Kier molecular flexibility index (Phi) is 7.35. The van der Waals surface area contributed by atoms with Gasteiger partial charge in [-0.05, 0) is 36.6 Å². The molecule has 0 radical (unpaired) electrons. The highest BCUT2D eigenvalue weighted by Gasteiger charge is 2.24. The Hall–Kier alpha value is -4.27. The van der Waals surface area contributed by atoms with E-state index >= 15 is 0 Å². The van der Waals surface area contributed by atoms with Crippen molar-refractivity contribution >= 4 is 22.8 Å². The van der Waals surface area contributed by atoms with Crippen LogP contribution in [0.3, 0.4) is 0 Å². The van der Waals surface area contributed by atoms with Crippen molar-refractivity contribution in [2.45, 2.75) is 18.9 Å². The Morgan fingerprint density at radius 1 is 1.06 bits per heavy atom. The number of likely N-dealkylation sites (N-methyl/N-ethyl adjacent to an activating group) is 1. The minimum atomic E-state index is -0.253. The Morgan fingerprint density at radius 3 is 2.54 bits per heavy atom. The van der Waals surface area contributed by atoms with Crippen LogP contribution in [0.1, 0.15) is 33.1 Å². The minimum absolute atomic E-state index is 0.138. The first kappa shape index (κ1) is 23.9. The molecule has 0 aliphatic carbocycles. The first-order valence-corrected chi connectivity index (χ1v) is 11.4. The van der Waals surface area contributed by atoms with E-state index in [1.807, 2.05) is 61.6 Å². The molecule has 0 bridgehead atoms. The number of fused-ring (bicyclic) bond motifs is 1. The Bertz CT molecular complexity index is 1320. The van der Waals surface area contributed by atoms with Crippen molar-refractivity contribution in [3.63, 3.8) is 0 Å². The smallest absolute Gasteiger partial charge is 0.316 e. The van der Waals surface area contributed by atoms with Crippen LogP contribution < -0.4 is 10.1 Å². The van der Waals surface area contributed by atoms with E-state index in [-0.39, 0.29) is 29.6 Å². The maximum atomic E-state index is 13.2. The lowest BCUT2D eigenvalue weighted by Crippen LogP contribution is -2.41. The van der Waals surface area contributed by atoms with Crippen molar-refractivity contribution in [2.75, 3.05) is 20.7 Å². The van der Waals surface area contributed by atoms with Crippen molar-refractivity contribution in [1.29, 1.82) is 0 Å². The van der Waals surface area contributed by atoms with Crippen LogP contribution in [-0.2, 0) is 13.5 Å². The minimum Gasteiger partial charge on any atom is -0.467 e. The second-order valence-electron chi connectivity index (χ2n) is 8.22. The number of rotatable bonds is 9. The summed E-state index contributed by atoms with van der Waals surface area (Å²) in [5, 5.41) is 2.96. The van der Waals surface area contributed by atoms with Crippen LogP contribution in [0.2, 0.25) is 0 Å². The summed E-state index contributed by atoms with van der Waals surface area (Å²) >= 11 is 0. The number of ether oxygens (including phenoxy) is 1. The summed E-state index contributed by atoms with van der Waals surface area (Å²) < 4.78 is 6.84. The third kappa shape index (κ3) is 5.46. The number of aryl methyl sites for hydroxylation is 1. The van der Waals surface area contributed by atoms with E-state index in [1.54, 1.807) is 22.6 Å². The number of para-hydroxylation sites is 2. The number of methoxy groups -OCH3 is 1. The van der Waals surface area contributed by atoms with Crippen LogP contribution in [0, 0.1) is 0 Å². The SMILES string of the molecule is COc1nccc(C(=O)N(C)C(CCNC(=O)c2nc3ccccc3n2C)Cc2ccccc2)n1. The van der Waals surface area contributed by atoms with Gasteiger partial charge in [0, 0.05) is 32.9 Å². The summed E-state index contributed by atoms with van der Waals surface area (Å²) in [6.07, 6.45) is 2.68. The lowest BCUT2D eigenvalue weighted by molar-refractivity contribution is 0.0715. The predicted molar refractivity (Wildman–Crippen MR) is 132 cm³/mol. The van der Waals surface area contributed by atoms with Gasteiger partial charge in [0.1, 0.15) is 5.69 Å². The molecule has 1 N–H and O–H groups in total. The van der Waals surface area contributed by atoms with E-state index in [4.69, 9.17) is 4.74 Å². The number of hydrogen-bond acceptors (Lipinski definition) is 6. The summed E-state index contributed by atoms with van der Waals surface area (Å²) in [5.74, 6) is -0.145. The van der Waals surface area contributed by atoms with Gasteiger partial charge in [-0.2, -0.15) is 4.98 Å². The number of amides is 2. The summed E-state index contributed by atoms with van der Waals surface area (Å²) in [7, 11) is 5.03. The number of benzene rings is 2.